The Bertz CT molecular complexity index is 605. The molecule has 6 nitrogen and oxygen atoms in total. The van der Waals surface area contributed by atoms with Gasteiger partial charge >= 0.3 is 0 Å². The summed E-state index contributed by atoms with van der Waals surface area (Å²) in [5.41, 5.74) is 5.08. The van der Waals surface area contributed by atoms with E-state index >= 15 is 0 Å². The molecule has 1 aliphatic rings. The number of piperazine rings is 1. The number of nitrogens with zero attached hydrogens (tertiary/aromatic N) is 2. The van der Waals surface area contributed by atoms with Gasteiger partial charge in [0.1, 0.15) is 5.84 Å². The molecule has 1 heterocycles. The minimum Gasteiger partial charge on any atom is -0.386 e. The Morgan fingerprint density at radius 3 is 2.14 bits per heavy atom. The first-order valence-electron chi connectivity index (χ1n) is 6.91. The zero-order chi connectivity index (χ0) is 15.7. The fourth-order valence-corrected chi connectivity index (χ4v) is 3.84. The smallest absolute Gasteiger partial charge is 0.243 e. The number of hydrogen-bond acceptors (Lipinski definition) is 4. The normalized spacial score (nSPS) is 18.6. The summed E-state index contributed by atoms with van der Waals surface area (Å²) in [7, 11) is -3.43. The Labute approximate surface area is 126 Å². The number of benzene rings is 1. The van der Waals surface area contributed by atoms with Gasteiger partial charge in [-0.05, 0) is 26.0 Å². The molecule has 1 aliphatic heterocycles. The van der Waals surface area contributed by atoms with Gasteiger partial charge in [0, 0.05) is 26.2 Å². The first-order chi connectivity index (χ1) is 9.76. The molecule has 0 aromatic heterocycles. The molecule has 2 rings (SSSR count). The summed E-state index contributed by atoms with van der Waals surface area (Å²) in [5, 5.41) is 7.65. The van der Waals surface area contributed by atoms with Crippen LogP contribution in [0.25, 0.3) is 0 Å². The number of hydrogen-bond donors (Lipinski definition) is 2. The number of sulfonamides is 1. The molecule has 7 heteroatoms. The predicted molar refractivity (Wildman–Crippen MR) is 82.8 cm³/mol. The summed E-state index contributed by atoms with van der Waals surface area (Å²) in [6.07, 6.45) is 0. The fourth-order valence-electron chi connectivity index (χ4n) is 2.40. The van der Waals surface area contributed by atoms with Gasteiger partial charge in [-0.25, -0.2) is 8.42 Å². The van der Waals surface area contributed by atoms with E-state index in [0.717, 1.165) is 0 Å². The number of rotatable bonds is 4. The molecule has 116 valence electrons. The lowest BCUT2D eigenvalue weighted by atomic mass is 10.0. The third kappa shape index (κ3) is 3.09. The van der Waals surface area contributed by atoms with E-state index in [4.69, 9.17) is 11.1 Å². The van der Waals surface area contributed by atoms with Crippen molar-refractivity contribution < 1.29 is 8.42 Å². The number of nitrogens with one attached hydrogen (secondary N) is 1. The van der Waals surface area contributed by atoms with Crippen molar-refractivity contribution in [2.24, 2.45) is 5.73 Å². The van der Waals surface area contributed by atoms with Crippen LogP contribution in [0.5, 0.6) is 0 Å². The lowest BCUT2D eigenvalue weighted by molar-refractivity contribution is 0.121. The van der Waals surface area contributed by atoms with Crippen LogP contribution in [0.1, 0.15) is 13.8 Å². The van der Waals surface area contributed by atoms with E-state index in [2.05, 4.69) is 0 Å². The maximum Gasteiger partial charge on any atom is 0.243 e. The van der Waals surface area contributed by atoms with Gasteiger partial charge in [-0.1, -0.05) is 18.2 Å². The number of nitrogens with two attached hydrogens (primary N) is 1. The minimum atomic E-state index is -3.43. The van der Waals surface area contributed by atoms with E-state index in [1.54, 1.807) is 30.3 Å². The SMILES string of the molecule is CC(C)(C(=N)N)N1CCN(S(=O)(=O)c2ccccc2)CC1. The molecule has 0 radical (unpaired) electrons. The van der Waals surface area contributed by atoms with E-state index in [0.29, 0.717) is 31.1 Å². The second-order valence-electron chi connectivity index (χ2n) is 5.68. The first-order valence-corrected chi connectivity index (χ1v) is 8.35. The van der Waals surface area contributed by atoms with Crippen LogP contribution in [-0.2, 0) is 10.0 Å². The van der Waals surface area contributed by atoms with Gasteiger partial charge in [0.05, 0.1) is 10.4 Å². The van der Waals surface area contributed by atoms with E-state index < -0.39 is 15.6 Å². The van der Waals surface area contributed by atoms with Crippen LogP contribution in [0.15, 0.2) is 35.2 Å². The molecule has 1 aromatic rings. The molecule has 1 fully saturated rings. The summed E-state index contributed by atoms with van der Waals surface area (Å²) < 4.78 is 26.5. The average molecular weight is 310 g/mol. The van der Waals surface area contributed by atoms with Crippen LogP contribution in [0, 0.1) is 5.41 Å². The van der Waals surface area contributed by atoms with Gasteiger partial charge in [-0.3, -0.25) is 10.3 Å². The molecule has 0 saturated carbocycles. The molecule has 0 bridgehead atoms. The lowest BCUT2D eigenvalue weighted by Gasteiger charge is -2.42. The highest BCUT2D eigenvalue weighted by atomic mass is 32.2. The third-order valence-electron chi connectivity index (χ3n) is 4.07. The Hall–Kier alpha value is -1.44. The van der Waals surface area contributed by atoms with Gasteiger partial charge in [0.25, 0.3) is 0 Å². The molecular formula is C14H22N4O2S. The molecule has 1 aromatic carbocycles. The van der Waals surface area contributed by atoms with Gasteiger partial charge in [-0.15, -0.1) is 0 Å². The molecule has 1 saturated heterocycles. The van der Waals surface area contributed by atoms with Crippen molar-refractivity contribution in [3.8, 4) is 0 Å². The third-order valence-corrected chi connectivity index (χ3v) is 5.98. The largest absolute Gasteiger partial charge is 0.386 e. The van der Waals surface area contributed by atoms with Crippen molar-refractivity contribution in [2.75, 3.05) is 26.2 Å². The zero-order valence-electron chi connectivity index (χ0n) is 12.4. The summed E-state index contributed by atoms with van der Waals surface area (Å²) in [5.74, 6) is 0.0990. The molecule has 0 atom stereocenters. The van der Waals surface area contributed by atoms with Crippen LogP contribution in [0.3, 0.4) is 0 Å². The standard InChI is InChI=1S/C14H22N4O2S/c1-14(2,13(15)16)17-8-10-18(11-9-17)21(19,20)12-6-4-3-5-7-12/h3-7H,8-11H2,1-2H3,(H3,15,16). The topological polar surface area (TPSA) is 90.5 Å². The molecule has 0 unspecified atom stereocenters. The highest BCUT2D eigenvalue weighted by Gasteiger charge is 2.35. The predicted octanol–water partition coefficient (Wildman–Crippen LogP) is 0.707. The van der Waals surface area contributed by atoms with Crippen molar-refractivity contribution in [3.05, 3.63) is 30.3 Å². The van der Waals surface area contributed by atoms with Crippen molar-refractivity contribution in [1.82, 2.24) is 9.21 Å². The maximum absolute atomic E-state index is 12.5. The van der Waals surface area contributed by atoms with Gasteiger partial charge in [0.2, 0.25) is 10.0 Å². The van der Waals surface area contributed by atoms with E-state index in [1.165, 1.54) is 4.31 Å². The Morgan fingerprint density at radius 2 is 1.67 bits per heavy atom. The first kappa shape index (κ1) is 15.9. The lowest BCUT2D eigenvalue weighted by Crippen LogP contribution is -2.60. The van der Waals surface area contributed by atoms with Gasteiger partial charge < -0.3 is 5.73 Å². The summed E-state index contributed by atoms with van der Waals surface area (Å²) >= 11 is 0. The Morgan fingerprint density at radius 1 is 1.14 bits per heavy atom. The maximum atomic E-state index is 12.5. The Balaban J connectivity index is 2.10. The molecule has 0 spiro atoms. The molecule has 21 heavy (non-hydrogen) atoms. The second kappa shape index (κ2) is 5.75. The van der Waals surface area contributed by atoms with Crippen LogP contribution >= 0.6 is 0 Å². The fraction of sp³-hybridized carbons (Fsp3) is 0.500. The van der Waals surface area contributed by atoms with E-state index in [-0.39, 0.29) is 5.84 Å². The van der Waals surface area contributed by atoms with Gasteiger partial charge in [0.15, 0.2) is 0 Å². The summed E-state index contributed by atoms with van der Waals surface area (Å²) in [4.78, 5) is 2.37. The summed E-state index contributed by atoms with van der Waals surface area (Å²) in [6.45, 7) is 5.73. The molecule has 3 N–H and O–H groups in total. The summed E-state index contributed by atoms with van der Waals surface area (Å²) in [6, 6.07) is 8.47. The highest BCUT2D eigenvalue weighted by molar-refractivity contribution is 7.89. The van der Waals surface area contributed by atoms with E-state index in [9.17, 15) is 8.42 Å². The zero-order valence-corrected chi connectivity index (χ0v) is 13.2. The van der Waals surface area contributed by atoms with Crippen molar-refractivity contribution in [1.29, 1.82) is 5.41 Å². The monoisotopic (exact) mass is 310 g/mol. The van der Waals surface area contributed by atoms with Crippen LogP contribution in [0.2, 0.25) is 0 Å². The second-order valence-corrected chi connectivity index (χ2v) is 7.61. The van der Waals surface area contributed by atoms with Crippen LogP contribution in [-0.4, -0.2) is 55.2 Å². The molecular weight excluding hydrogens is 288 g/mol. The Kier molecular flexibility index (Phi) is 4.36. The van der Waals surface area contributed by atoms with E-state index in [1.807, 2.05) is 18.7 Å². The average Bonchev–Trinajstić information content (AvgIpc) is 2.48. The van der Waals surface area contributed by atoms with Crippen LogP contribution < -0.4 is 5.73 Å². The highest BCUT2D eigenvalue weighted by Crippen LogP contribution is 2.21. The quantitative estimate of drug-likeness (QED) is 0.633. The molecule has 0 aliphatic carbocycles. The van der Waals surface area contributed by atoms with Crippen molar-refractivity contribution in [2.45, 2.75) is 24.3 Å². The number of amidine groups is 1. The molecule has 0 amide bonds. The van der Waals surface area contributed by atoms with Crippen LogP contribution in [0.4, 0.5) is 0 Å². The van der Waals surface area contributed by atoms with Crippen molar-refractivity contribution >= 4 is 15.9 Å². The minimum absolute atomic E-state index is 0.0990. The van der Waals surface area contributed by atoms with Gasteiger partial charge in [-0.2, -0.15) is 4.31 Å². The van der Waals surface area contributed by atoms with Crippen molar-refractivity contribution in [3.63, 3.8) is 0 Å².